The van der Waals surface area contributed by atoms with E-state index >= 15 is 4.39 Å². The van der Waals surface area contributed by atoms with Gasteiger partial charge in [0.05, 0.1) is 5.56 Å². The lowest BCUT2D eigenvalue weighted by Crippen LogP contribution is -2.17. The van der Waals surface area contributed by atoms with Gasteiger partial charge in [0.15, 0.2) is 0 Å². The molecule has 1 aliphatic rings. The maximum atomic E-state index is 15.0. The molecule has 1 aliphatic carbocycles. The molecule has 0 heterocycles. The van der Waals surface area contributed by atoms with Gasteiger partial charge in [-0.3, -0.25) is 0 Å². The number of hydrogen-bond donors (Lipinski definition) is 0. The van der Waals surface area contributed by atoms with Crippen molar-refractivity contribution in [3.05, 3.63) is 105 Å². The van der Waals surface area contributed by atoms with Crippen molar-refractivity contribution in [2.75, 3.05) is 0 Å². The van der Waals surface area contributed by atoms with E-state index in [0.717, 1.165) is 36.8 Å². The summed E-state index contributed by atoms with van der Waals surface area (Å²) < 4.78 is 43.6. The highest BCUT2D eigenvalue weighted by molar-refractivity contribution is 5.50. The van der Waals surface area contributed by atoms with E-state index in [2.05, 4.69) is 30.6 Å². The molecule has 0 fully saturated rings. The van der Waals surface area contributed by atoms with Crippen molar-refractivity contribution in [1.82, 2.24) is 0 Å². The Morgan fingerprint density at radius 3 is 2.09 bits per heavy atom. The molecule has 1 atom stereocenters. The van der Waals surface area contributed by atoms with Gasteiger partial charge < -0.3 is 0 Å². The van der Waals surface area contributed by atoms with Crippen molar-refractivity contribution in [2.24, 2.45) is 5.92 Å². The minimum atomic E-state index is -0.593. The second kappa shape index (κ2) is 10.7. The zero-order valence-electron chi connectivity index (χ0n) is 19.6. The predicted octanol–water partition coefficient (Wildman–Crippen LogP) is 7.37. The smallest absolute Gasteiger partial charge is 0.145 e. The minimum Gasteiger partial charge on any atom is -0.207 e. The average Bonchev–Trinajstić information content (AvgIpc) is 2.83. The Morgan fingerprint density at radius 2 is 1.44 bits per heavy atom. The summed E-state index contributed by atoms with van der Waals surface area (Å²) in [4.78, 5) is 0. The normalized spacial score (nSPS) is 14.4. The summed E-state index contributed by atoms with van der Waals surface area (Å²) in [5.41, 5.74) is 3.92. The van der Waals surface area contributed by atoms with Crippen LogP contribution in [0, 0.1) is 47.1 Å². The summed E-state index contributed by atoms with van der Waals surface area (Å²) in [5, 5.41) is 0. The number of benzene rings is 3. The SMILES string of the molecule is CCCC1CCc2c(cc(F)c(C#Cc3ccc(C#Cc4ccc(CC)c(F)c4)cc3)c2F)C1. The summed E-state index contributed by atoms with van der Waals surface area (Å²) in [6.45, 7) is 4.05. The van der Waals surface area contributed by atoms with Crippen molar-refractivity contribution in [3.63, 3.8) is 0 Å². The summed E-state index contributed by atoms with van der Waals surface area (Å²) >= 11 is 0. The van der Waals surface area contributed by atoms with Crippen LogP contribution in [0.3, 0.4) is 0 Å². The third kappa shape index (κ3) is 5.37. The van der Waals surface area contributed by atoms with Crippen LogP contribution in [-0.4, -0.2) is 0 Å². The van der Waals surface area contributed by atoms with Gasteiger partial charge in [-0.25, -0.2) is 13.2 Å². The summed E-state index contributed by atoms with van der Waals surface area (Å²) in [5.74, 6) is 10.7. The van der Waals surface area contributed by atoms with Gasteiger partial charge in [0.25, 0.3) is 0 Å². The van der Waals surface area contributed by atoms with Gasteiger partial charge in [-0.2, -0.15) is 0 Å². The van der Waals surface area contributed by atoms with Crippen LogP contribution in [0.15, 0.2) is 48.5 Å². The van der Waals surface area contributed by atoms with Crippen molar-refractivity contribution >= 4 is 0 Å². The monoisotopic (exact) mass is 456 g/mol. The molecule has 1 unspecified atom stereocenters. The molecular weight excluding hydrogens is 429 g/mol. The number of halogens is 3. The lowest BCUT2D eigenvalue weighted by molar-refractivity contribution is 0.411. The van der Waals surface area contributed by atoms with Crippen molar-refractivity contribution in [1.29, 1.82) is 0 Å². The Morgan fingerprint density at radius 1 is 0.794 bits per heavy atom. The van der Waals surface area contributed by atoms with Gasteiger partial charge in [-0.05, 0) is 90.8 Å². The predicted molar refractivity (Wildman–Crippen MR) is 131 cm³/mol. The quantitative estimate of drug-likeness (QED) is 0.361. The van der Waals surface area contributed by atoms with E-state index in [4.69, 9.17) is 0 Å². The maximum absolute atomic E-state index is 15.0. The summed E-state index contributed by atoms with van der Waals surface area (Å²) in [7, 11) is 0. The molecule has 0 radical (unpaired) electrons. The van der Waals surface area contributed by atoms with Crippen LogP contribution in [0.25, 0.3) is 0 Å². The molecule has 3 heteroatoms. The number of rotatable bonds is 3. The molecule has 0 spiro atoms. The van der Waals surface area contributed by atoms with Crippen molar-refractivity contribution in [3.8, 4) is 23.7 Å². The Kier molecular flexibility index (Phi) is 7.44. The first-order chi connectivity index (χ1) is 16.5. The standard InChI is InChI=1S/C31H27F3/c1-3-5-23-14-16-27-26(18-23)20-30(33)28(31(27)34)17-13-22-8-6-21(7-9-22)10-11-24-12-15-25(4-2)29(32)19-24/h6-9,12,15,19-20,23H,3-5,14,16,18H2,1-2H3. The molecule has 0 saturated carbocycles. The van der Waals surface area contributed by atoms with E-state index in [9.17, 15) is 8.78 Å². The largest absolute Gasteiger partial charge is 0.207 e. The van der Waals surface area contributed by atoms with Gasteiger partial charge in [0.1, 0.15) is 17.5 Å². The molecule has 0 nitrogen and oxygen atoms in total. The highest BCUT2D eigenvalue weighted by Gasteiger charge is 2.24. The van der Waals surface area contributed by atoms with Crippen molar-refractivity contribution < 1.29 is 13.2 Å². The molecule has 34 heavy (non-hydrogen) atoms. The van der Waals surface area contributed by atoms with Gasteiger partial charge in [0, 0.05) is 16.7 Å². The molecule has 0 N–H and O–H groups in total. The minimum absolute atomic E-state index is 0.158. The first kappa shape index (κ1) is 23.7. The van der Waals surface area contributed by atoms with E-state index in [1.165, 1.54) is 12.1 Å². The van der Waals surface area contributed by atoms with E-state index in [1.807, 2.05) is 6.92 Å². The van der Waals surface area contributed by atoms with Crippen LogP contribution < -0.4 is 0 Å². The lowest BCUT2D eigenvalue weighted by Gasteiger charge is -2.25. The number of aryl methyl sites for hydroxylation is 1. The topological polar surface area (TPSA) is 0 Å². The van der Waals surface area contributed by atoms with Gasteiger partial charge >= 0.3 is 0 Å². The average molecular weight is 457 g/mol. The Bertz CT molecular complexity index is 1310. The molecule has 4 rings (SSSR count). The molecule has 0 saturated heterocycles. The first-order valence-corrected chi connectivity index (χ1v) is 11.9. The van der Waals surface area contributed by atoms with Crippen LogP contribution in [0.2, 0.25) is 0 Å². The Labute approximate surface area is 200 Å². The van der Waals surface area contributed by atoms with Crippen molar-refractivity contribution in [2.45, 2.75) is 52.4 Å². The highest BCUT2D eigenvalue weighted by Crippen LogP contribution is 2.32. The van der Waals surface area contributed by atoms with Crippen LogP contribution >= 0.6 is 0 Å². The van der Waals surface area contributed by atoms with E-state index in [0.29, 0.717) is 41.0 Å². The lowest BCUT2D eigenvalue weighted by atomic mass is 9.81. The van der Waals surface area contributed by atoms with Gasteiger partial charge in [-0.1, -0.05) is 56.4 Å². The van der Waals surface area contributed by atoms with Crippen LogP contribution in [0.4, 0.5) is 13.2 Å². The third-order valence-corrected chi connectivity index (χ3v) is 6.42. The van der Waals surface area contributed by atoms with Crippen LogP contribution in [0.5, 0.6) is 0 Å². The fourth-order valence-corrected chi connectivity index (χ4v) is 4.52. The second-order valence-corrected chi connectivity index (χ2v) is 8.82. The molecule has 0 bridgehead atoms. The van der Waals surface area contributed by atoms with E-state index < -0.39 is 11.6 Å². The fourth-order valence-electron chi connectivity index (χ4n) is 4.52. The van der Waals surface area contributed by atoms with E-state index in [1.54, 1.807) is 36.4 Å². The zero-order valence-corrected chi connectivity index (χ0v) is 19.6. The molecule has 172 valence electrons. The second-order valence-electron chi connectivity index (χ2n) is 8.82. The summed E-state index contributed by atoms with van der Waals surface area (Å²) in [6, 6.07) is 13.6. The Hall–Kier alpha value is -3.43. The number of hydrogen-bond acceptors (Lipinski definition) is 0. The molecule has 3 aromatic carbocycles. The molecule has 0 aliphatic heterocycles. The highest BCUT2D eigenvalue weighted by atomic mass is 19.1. The van der Waals surface area contributed by atoms with Gasteiger partial charge in [0.2, 0.25) is 0 Å². The van der Waals surface area contributed by atoms with Crippen LogP contribution in [0.1, 0.15) is 72.1 Å². The summed E-state index contributed by atoms with van der Waals surface area (Å²) in [6.07, 6.45) is 5.13. The van der Waals surface area contributed by atoms with Crippen LogP contribution in [-0.2, 0) is 19.3 Å². The molecular formula is C31H27F3. The van der Waals surface area contributed by atoms with E-state index in [-0.39, 0.29) is 11.4 Å². The number of fused-ring (bicyclic) bond motifs is 1. The zero-order chi connectivity index (χ0) is 24.1. The maximum Gasteiger partial charge on any atom is 0.145 e. The molecule has 3 aromatic rings. The Balaban J connectivity index is 1.51. The fraction of sp³-hybridized carbons (Fsp3) is 0.290. The molecule has 0 aromatic heterocycles. The molecule has 0 amide bonds. The van der Waals surface area contributed by atoms with Gasteiger partial charge in [-0.15, -0.1) is 0 Å². The third-order valence-electron chi connectivity index (χ3n) is 6.42. The first-order valence-electron chi connectivity index (χ1n) is 11.9.